The molecule has 192 valence electrons. The summed E-state index contributed by atoms with van der Waals surface area (Å²) in [6.07, 6.45) is 10.6. The molecule has 0 aliphatic heterocycles. The Labute approximate surface area is 213 Å². The van der Waals surface area contributed by atoms with Gasteiger partial charge in [-0.2, -0.15) is 0 Å². The first-order chi connectivity index (χ1) is 17.0. The molecule has 0 aromatic heterocycles. The Morgan fingerprint density at radius 3 is 1.46 bits per heavy atom. The van der Waals surface area contributed by atoms with Crippen LogP contribution >= 0.6 is 11.8 Å². The number of carbonyl (C=O) groups is 2. The number of carbonyl (C=O) groups excluding carboxylic acids is 2. The predicted octanol–water partition coefficient (Wildman–Crippen LogP) is 7.50. The van der Waals surface area contributed by atoms with Crippen molar-refractivity contribution in [2.75, 3.05) is 13.2 Å². The number of esters is 2. The number of aromatic hydroxyl groups is 2. The highest BCUT2D eigenvalue weighted by Gasteiger charge is 2.16. The van der Waals surface area contributed by atoms with Crippen molar-refractivity contribution in [3.05, 3.63) is 47.5 Å². The zero-order valence-corrected chi connectivity index (χ0v) is 21.7. The van der Waals surface area contributed by atoms with Crippen LogP contribution in [0.1, 0.15) is 98.8 Å². The topological polar surface area (TPSA) is 93.1 Å². The third-order valence-electron chi connectivity index (χ3n) is 5.57. The molecule has 0 spiro atoms. The van der Waals surface area contributed by atoms with Crippen LogP contribution < -0.4 is 0 Å². The maximum absolute atomic E-state index is 12.4. The van der Waals surface area contributed by atoms with Gasteiger partial charge in [-0.3, -0.25) is 0 Å². The molecule has 0 saturated heterocycles. The lowest BCUT2D eigenvalue weighted by atomic mass is 10.2. The highest BCUT2D eigenvalue weighted by molar-refractivity contribution is 7.99. The first kappa shape index (κ1) is 28.6. The van der Waals surface area contributed by atoms with E-state index in [1.54, 1.807) is 0 Å². The first-order valence-electron chi connectivity index (χ1n) is 12.6. The molecule has 2 N–H and O–H groups in total. The van der Waals surface area contributed by atoms with Gasteiger partial charge < -0.3 is 19.7 Å². The average molecular weight is 503 g/mol. The summed E-state index contributed by atoms with van der Waals surface area (Å²) in [5.41, 5.74) is 0.633. The minimum Gasteiger partial charge on any atom is -0.507 e. The molecule has 0 bridgehead atoms. The van der Waals surface area contributed by atoms with Crippen LogP contribution in [0, 0.1) is 0 Å². The zero-order chi connectivity index (χ0) is 25.5. The Morgan fingerprint density at radius 1 is 0.657 bits per heavy atom. The summed E-state index contributed by atoms with van der Waals surface area (Å²) in [7, 11) is 0. The molecular weight excluding hydrogens is 464 g/mol. The van der Waals surface area contributed by atoms with Crippen molar-refractivity contribution >= 4 is 23.7 Å². The summed E-state index contributed by atoms with van der Waals surface area (Å²) in [6.45, 7) is 5.02. The lowest BCUT2D eigenvalue weighted by Gasteiger charge is -2.11. The van der Waals surface area contributed by atoms with Gasteiger partial charge in [0.2, 0.25) is 0 Å². The molecule has 0 aliphatic carbocycles. The van der Waals surface area contributed by atoms with E-state index in [1.807, 2.05) is 0 Å². The van der Waals surface area contributed by atoms with Gasteiger partial charge in [-0.1, -0.05) is 77.0 Å². The average Bonchev–Trinajstić information content (AvgIpc) is 2.85. The molecule has 0 atom stereocenters. The molecule has 35 heavy (non-hydrogen) atoms. The molecule has 0 aliphatic rings. The largest absolute Gasteiger partial charge is 0.507 e. The van der Waals surface area contributed by atoms with E-state index in [0.29, 0.717) is 34.1 Å². The molecule has 2 aromatic rings. The number of rotatable bonds is 16. The summed E-state index contributed by atoms with van der Waals surface area (Å²) >= 11 is 1.06. The van der Waals surface area contributed by atoms with Gasteiger partial charge in [-0.15, -0.1) is 0 Å². The van der Waals surface area contributed by atoms with Crippen molar-refractivity contribution in [1.82, 2.24) is 0 Å². The second-order valence-corrected chi connectivity index (χ2v) is 9.65. The number of hydrogen-bond donors (Lipinski definition) is 2. The van der Waals surface area contributed by atoms with Crippen LogP contribution in [0.4, 0.5) is 0 Å². The number of hydrogen-bond acceptors (Lipinski definition) is 7. The normalized spacial score (nSPS) is 10.8. The number of ether oxygens (including phenoxy) is 2. The van der Waals surface area contributed by atoms with Crippen molar-refractivity contribution in [3.63, 3.8) is 0 Å². The van der Waals surface area contributed by atoms with E-state index in [2.05, 4.69) is 13.8 Å². The van der Waals surface area contributed by atoms with Crippen molar-refractivity contribution in [1.29, 1.82) is 0 Å². The van der Waals surface area contributed by atoms with Crippen LogP contribution in [0.3, 0.4) is 0 Å². The molecule has 6 nitrogen and oxygen atoms in total. The smallest absolute Gasteiger partial charge is 0.338 e. The van der Waals surface area contributed by atoms with E-state index in [0.717, 1.165) is 63.1 Å². The standard InChI is InChI=1S/C28H38O6S/c1-3-5-7-9-11-17-33-27(31)21-13-15-23(29)25(19-21)35-26-20-22(14-16-24(26)30)28(32)34-18-12-10-8-6-4-2/h13-16,19-20,29-30H,3-12,17-18H2,1-2H3. The highest BCUT2D eigenvalue weighted by Crippen LogP contribution is 2.39. The lowest BCUT2D eigenvalue weighted by Crippen LogP contribution is -2.07. The number of unbranched alkanes of at least 4 members (excludes halogenated alkanes) is 8. The van der Waals surface area contributed by atoms with Gasteiger partial charge >= 0.3 is 11.9 Å². The molecule has 2 rings (SSSR count). The Hall–Kier alpha value is -2.67. The second-order valence-electron chi connectivity index (χ2n) is 8.57. The van der Waals surface area contributed by atoms with Gasteiger partial charge in [0.15, 0.2) is 0 Å². The van der Waals surface area contributed by atoms with E-state index < -0.39 is 11.9 Å². The molecule has 0 fully saturated rings. The van der Waals surface area contributed by atoms with Crippen molar-refractivity contribution in [2.24, 2.45) is 0 Å². The van der Waals surface area contributed by atoms with E-state index in [-0.39, 0.29) is 11.5 Å². The van der Waals surface area contributed by atoms with E-state index in [1.165, 1.54) is 49.2 Å². The number of phenolic OH excluding ortho intramolecular Hbond substituents is 2. The van der Waals surface area contributed by atoms with Gasteiger partial charge in [0, 0.05) is 0 Å². The van der Waals surface area contributed by atoms with Crippen LogP contribution in [0.25, 0.3) is 0 Å². The summed E-state index contributed by atoms with van der Waals surface area (Å²) in [5.74, 6) is -0.984. The van der Waals surface area contributed by atoms with Gasteiger partial charge in [0.05, 0.1) is 34.1 Å². The van der Waals surface area contributed by atoms with Gasteiger partial charge in [0.25, 0.3) is 0 Å². The maximum Gasteiger partial charge on any atom is 0.338 e. The Balaban J connectivity index is 1.97. The number of benzene rings is 2. The predicted molar refractivity (Wildman–Crippen MR) is 138 cm³/mol. The summed E-state index contributed by atoms with van der Waals surface area (Å²) in [5, 5.41) is 20.6. The van der Waals surface area contributed by atoms with Crippen molar-refractivity contribution in [2.45, 2.75) is 87.8 Å². The van der Waals surface area contributed by atoms with Crippen LogP contribution in [0.15, 0.2) is 46.2 Å². The molecule has 0 saturated carbocycles. The van der Waals surface area contributed by atoms with Crippen LogP contribution in [0.2, 0.25) is 0 Å². The number of phenols is 2. The molecule has 2 aromatic carbocycles. The van der Waals surface area contributed by atoms with Crippen molar-refractivity contribution in [3.8, 4) is 11.5 Å². The van der Waals surface area contributed by atoms with E-state index in [4.69, 9.17) is 9.47 Å². The highest BCUT2D eigenvalue weighted by atomic mass is 32.2. The van der Waals surface area contributed by atoms with Crippen LogP contribution in [0.5, 0.6) is 11.5 Å². The molecule has 0 amide bonds. The van der Waals surface area contributed by atoms with Crippen LogP contribution in [-0.2, 0) is 9.47 Å². The molecule has 0 heterocycles. The molecule has 0 radical (unpaired) electrons. The van der Waals surface area contributed by atoms with E-state index in [9.17, 15) is 19.8 Å². The quantitative estimate of drug-likeness (QED) is 0.181. The second kappa shape index (κ2) is 16.1. The summed E-state index contributed by atoms with van der Waals surface area (Å²) in [6, 6.07) is 8.92. The molecule has 0 unspecified atom stereocenters. The summed E-state index contributed by atoms with van der Waals surface area (Å²) in [4.78, 5) is 25.6. The lowest BCUT2D eigenvalue weighted by molar-refractivity contribution is 0.0488. The summed E-state index contributed by atoms with van der Waals surface area (Å²) < 4.78 is 10.7. The molecule has 7 heteroatoms. The minimum atomic E-state index is -0.456. The van der Waals surface area contributed by atoms with Crippen LogP contribution in [-0.4, -0.2) is 35.4 Å². The SMILES string of the molecule is CCCCCCCOC(=O)c1ccc(O)c(Sc2cc(C(=O)OCCCCCCC)ccc2O)c1. The van der Waals surface area contributed by atoms with Gasteiger partial charge in [-0.05, 0) is 49.2 Å². The third kappa shape index (κ3) is 10.2. The fourth-order valence-electron chi connectivity index (χ4n) is 3.47. The van der Waals surface area contributed by atoms with Gasteiger partial charge in [0.1, 0.15) is 11.5 Å². The maximum atomic E-state index is 12.4. The first-order valence-corrected chi connectivity index (χ1v) is 13.5. The third-order valence-corrected chi connectivity index (χ3v) is 6.67. The Bertz CT molecular complexity index is 868. The fourth-order valence-corrected chi connectivity index (χ4v) is 4.43. The van der Waals surface area contributed by atoms with Gasteiger partial charge in [-0.25, -0.2) is 9.59 Å². The van der Waals surface area contributed by atoms with E-state index >= 15 is 0 Å². The minimum absolute atomic E-state index is 0.0365. The fraction of sp³-hybridized carbons (Fsp3) is 0.500. The molecular formula is C28H38O6S. The van der Waals surface area contributed by atoms with Crippen molar-refractivity contribution < 1.29 is 29.3 Å². The monoisotopic (exact) mass is 502 g/mol. The zero-order valence-electron chi connectivity index (χ0n) is 20.9. The Kier molecular flexibility index (Phi) is 13.1. The Morgan fingerprint density at radius 2 is 1.06 bits per heavy atom.